The van der Waals surface area contributed by atoms with Gasteiger partial charge in [-0.3, -0.25) is 0 Å². The van der Waals surface area contributed by atoms with E-state index in [0.717, 1.165) is 0 Å². The summed E-state index contributed by atoms with van der Waals surface area (Å²) in [7, 11) is -3.63. The topological polar surface area (TPSA) is 86.7 Å². The van der Waals surface area contributed by atoms with Crippen molar-refractivity contribution in [3.05, 3.63) is 29.8 Å². The lowest BCUT2D eigenvalue weighted by Crippen LogP contribution is -2.48. The van der Waals surface area contributed by atoms with Crippen LogP contribution in [0.3, 0.4) is 0 Å². The number of sulfonamides is 1. The van der Waals surface area contributed by atoms with Crippen LogP contribution < -0.4 is 5.11 Å². The average molecular weight is 298 g/mol. The fraction of sp³-hybridized carbons (Fsp3) is 0.462. The van der Waals surface area contributed by atoms with Gasteiger partial charge in [0.25, 0.3) is 0 Å². The summed E-state index contributed by atoms with van der Waals surface area (Å²) in [5.41, 5.74) is -0.0485. The van der Waals surface area contributed by atoms with Crippen molar-refractivity contribution in [2.45, 2.75) is 31.0 Å². The van der Waals surface area contributed by atoms with Gasteiger partial charge < -0.3 is 14.6 Å². The molecule has 1 aliphatic rings. The number of hydrogen-bond acceptors (Lipinski definition) is 5. The maximum Gasteiger partial charge on any atom is 0.243 e. The van der Waals surface area contributed by atoms with Crippen molar-refractivity contribution in [1.82, 2.24) is 4.31 Å². The van der Waals surface area contributed by atoms with Crippen LogP contribution in [0.15, 0.2) is 29.2 Å². The van der Waals surface area contributed by atoms with E-state index >= 15 is 0 Å². The van der Waals surface area contributed by atoms with E-state index in [0.29, 0.717) is 0 Å². The number of nitrogens with zero attached hydrogens (tertiary/aromatic N) is 1. The third-order valence-corrected chi connectivity index (χ3v) is 4.96. The first kappa shape index (κ1) is 15.0. The number of hydrogen-bond donors (Lipinski definition) is 0. The predicted molar refractivity (Wildman–Crippen MR) is 69.5 cm³/mol. The fourth-order valence-corrected chi connectivity index (χ4v) is 3.83. The SMILES string of the molecule is C[C@@H]1CN(S(=O)(=O)c2ccc(C(=O)[O-])cc2)C[C@@H](C)O1. The van der Waals surface area contributed by atoms with Gasteiger partial charge in [0.05, 0.1) is 23.1 Å². The molecule has 7 heteroatoms. The Bertz CT molecular complexity index is 586. The van der Waals surface area contributed by atoms with Crippen LogP contribution in [-0.4, -0.2) is 44.0 Å². The molecule has 0 N–H and O–H groups in total. The maximum absolute atomic E-state index is 12.5. The van der Waals surface area contributed by atoms with Crippen molar-refractivity contribution in [3.8, 4) is 0 Å². The first-order chi connectivity index (χ1) is 9.30. The quantitative estimate of drug-likeness (QED) is 0.774. The molecule has 0 unspecified atom stereocenters. The van der Waals surface area contributed by atoms with Crippen LogP contribution in [0.25, 0.3) is 0 Å². The Hall–Kier alpha value is -1.44. The molecule has 0 amide bonds. The van der Waals surface area contributed by atoms with Crippen LogP contribution in [-0.2, 0) is 14.8 Å². The fourth-order valence-electron chi connectivity index (χ4n) is 2.24. The number of carbonyl (C=O) groups excluding carboxylic acids is 1. The molecule has 0 aliphatic carbocycles. The number of ether oxygens (including phenoxy) is 1. The predicted octanol–water partition coefficient (Wildman–Crippen LogP) is -0.152. The summed E-state index contributed by atoms with van der Waals surface area (Å²) in [5, 5.41) is 10.7. The van der Waals surface area contributed by atoms with E-state index in [4.69, 9.17) is 4.74 Å². The van der Waals surface area contributed by atoms with Crippen LogP contribution in [0.1, 0.15) is 24.2 Å². The molecule has 0 aromatic heterocycles. The standard InChI is InChI=1S/C13H17NO5S/c1-9-7-14(8-10(2)19-9)20(17,18)12-5-3-11(4-6-12)13(15)16/h3-6,9-10H,7-8H2,1-2H3,(H,15,16)/p-1/t9-,10-/m1/s1. The number of rotatable bonds is 3. The van der Waals surface area contributed by atoms with Crippen molar-refractivity contribution in [2.24, 2.45) is 0 Å². The Kier molecular flexibility index (Phi) is 4.12. The van der Waals surface area contributed by atoms with Gasteiger partial charge in [-0.15, -0.1) is 0 Å². The summed E-state index contributed by atoms with van der Waals surface area (Å²) < 4.78 is 31.8. The smallest absolute Gasteiger partial charge is 0.243 e. The van der Waals surface area contributed by atoms with Gasteiger partial charge in [-0.25, -0.2) is 8.42 Å². The summed E-state index contributed by atoms with van der Waals surface area (Å²) >= 11 is 0. The van der Waals surface area contributed by atoms with Crippen molar-refractivity contribution in [3.63, 3.8) is 0 Å². The van der Waals surface area contributed by atoms with Gasteiger partial charge in [0.1, 0.15) is 0 Å². The van der Waals surface area contributed by atoms with E-state index in [1.807, 2.05) is 13.8 Å². The Morgan fingerprint density at radius 1 is 1.20 bits per heavy atom. The van der Waals surface area contributed by atoms with Crippen LogP contribution in [0.2, 0.25) is 0 Å². The second-order valence-electron chi connectivity index (χ2n) is 4.89. The number of carboxylic acids is 1. The summed E-state index contributed by atoms with van der Waals surface area (Å²) in [6, 6.07) is 5.03. The lowest BCUT2D eigenvalue weighted by molar-refractivity contribution is -0.255. The summed E-state index contributed by atoms with van der Waals surface area (Å²) in [6.45, 7) is 4.21. The zero-order chi connectivity index (χ0) is 14.9. The minimum absolute atomic E-state index is 0.0485. The van der Waals surface area contributed by atoms with Crippen molar-refractivity contribution >= 4 is 16.0 Å². The van der Waals surface area contributed by atoms with Gasteiger partial charge in [-0.05, 0) is 31.5 Å². The number of aromatic carboxylic acids is 1. The Labute approximate surface area is 118 Å². The largest absolute Gasteiger partial charge is 0.545 e. The molecule has 0 radical (unpaired) electrons. The van der Waals surface area contributed by atoms with Gasteiger partial charge in [0, 0.05) is 13.1 Å². The monoisotopic (exact) mass is 298 g/mol. The summed E-state index contributed by atoms with van der Waals surface area (Å²) in [5.74, 6) is -1.33. The van der Waals surface area contributed by atoms with E-state index in [1.54, 1.807) is 0 Å². The molecule has 110 valence electrons. The first-order valence-electron chi connectivity index (χ1n) is 6.27. The van der Waals surface area contributed by atoms with Gasteiger partial charge >= 0.3 is 0 Å². The molecule has 20 heavy (non-hydrogen) atoms. The molecule has 0 saturated carbocycles. The minimum Gasteiger partial charge on any atom is -0.545 e. The van der Waals surface area contributed by atoms with E-state index in [-0.39, 0.29) is 35.8 Å². The maximum atomic E-state index is 12.5. The molecule has 1 heterocycles. The summed E-state index contributed by atoms with van der Waals surface area (Å²) in [4.78, 5) is 10.7. The molecule has 1 aromatic rings. The van der Waals surface area contributed by atoms with E-state index < -0.39 is 16.0 Å². The van der Waals surface area contributed by atoms with Gasteiger partial charge in [-0.2, -0.15) is 4.31 Å². The molecule has 2 rings (SSSR count). The second kappa shape index (κ2) is 5.51. The zero-order valence-electron chi connectivity index (χ0n) is 11.3. The highest BCUT2D eigenvalue weighted by Gasteiger charge is 2.32. The Morgan fingerprint density at radius 2 is 1.70 bits per heavy atom. The Morgan fingerprint density at radius 3 is 2.15 bits per heavy atom. The number of benzene rings is 1. The molecule has 0 spiro atoms. The summed E-state index contributed by atoms with van der Waals surface area (Å²) in [6.07, 6.45) is -0.341. The van der Waals surface area contributed by atoms with Crippen molar-refractivity contribution in [2.75, 3.05) is 13.1 Å². The van der Waals surface area contributed by atoms with Crippen LogP contribution in [0, 0.1) is 0 Å². The van der Waals surface area contributed by atoms with Crippen molar-refractivity contribution in [1.29, 1.82) is 0 Å². The molecule has 6 nitrogen and oxygen atoms in total. The molecule has 1 saturated heterocycles. The third kappa shape index (κ3) is 3.00. The highest BCUT2D eigenvalue weighted by molar-refractivity contribution is 7.89. The molecular weight excluding hydrogens is 282 g/mol. The highest BCUT2D eigenvalue weighted by Crippen LogP contribution is 2.21. The highest BCUT2D eigenvalue weighted by atomic mass is 32.2. The normalized spacial score (nSPS) is 24.5. The van der Waals surface area contributed by atoms with E-state index in [2.05, 4.69) is 0 Å². The minimum atomic E-state index is -3.63. The second-order valence-corrected chi connectivity index (χ2v) is 6.83. The number of carbonyl (C=O) groups is 1. The first-order valence-corrected chi connectivity index (χ1v) is 7.71. The molecule has 1 aliphatic heterocycles. The third-order valence-electron chi connectivity index (χ3n) is 3.11. The van der Waals surface area contributed by atoms with Gasteiger partial charge in [0.2, 0.25) is 10.0 Å². The van der Waals surface area contributed by atoms with Crippen LogP contribution in [0.5, 0.6) is 0 Å². The van der Waals surface area contributed by atoms with Crippen molar-refractivity contribution < 1.29 is 23.1 Å². The lowest BCUT2D eigenvalue weighted by Gasteiger charge is -2.34. The Balaban J connectivity index is 2.27. The number of morpholine rings is 1. The average Bonchev–Trinajstić information content (AvgIpc) is 2.37. The van der Waals surface area contributed by atoms with E-state index in [1.165, 1.54) is 28.6 Å². The number of carboxylic acid groups (broad SMARTS) is 1. The molecule has 1 aromatic carbocycles. The van der Waals surface area contributed by atoms with Crippen LogP contribution in [0.4, 0.5) is 0 Å². The molecule has 0 bridgehead atoms. The zero-order valence-corrected chi connectivity index (χ0v) is 12.1. The molecule has 2 atom stereocenters. The van der Waals surface area contributed by atoms with Gasteiger partial charge in [-0.1, -0.05) is 12.1 Å². The van der Waals surface area contributed by atoms with E-state index in [9.17, 15) is 18.3 Å². The molecule has 1 fully saturated rings. The molecular formula is C13H16NO5S-. The van der Waals surface area contributed by atoms with Gasteiger partial charge in [0.15, 0.2) is 0 Å². The lowest BCUT2D eigenvalue weighted by atomic mass is 10.2. The van der Waals surface area contributed by atoms with Crippen LogP contribution >= 0.6 is 0 Å².